The molecule has 0 saturated carbocycles. The Morgan fingerprint density at radius 3 is 2.73 bits per heavy atom. The lowest BCUT2D eigenvalue weighted by Crippen LogP contribution is -2.28. The van der Waals surface area contributed by atoms with Crippen molar-refractivity contribution in [1.29, 1.82) is 0 Å². The van der Waals surface area contributed by atoms with Crippen molar-refractivity contribution < 1.29 is 19.1 Å². The standard InChI is InChI=1S/C18H18ClN3O4/c1-25-15-5-3-12(19)8-14(15)22-10-11(7-17(22)23)18(24)21-13-4-6-16(26-2)20-9-13/h3-6,8-9,11H,7,10H2,1-2H3,(H,21,24)/t11-/m1/s1. The van der Waals surface area contributed by atoms with Crippen LogP contribution in [0.4, 0.5) is 11.4 Å². The minimum absolute atomic E-state index is 0.116. The lowest BCUT2D eigenvalue weighted by Gasteiger charge is -2.19. The van der Waals surface area contributed by atoms with E-state index < -0.39 is 5.92 Å². The summed E-state index contributed by atoms with van der Waals surface area (Å²) in [6.07, 6.45) is 1.62. The first-order valence-corrected chi connectivity index (χ1v) is 8.34. The van der Waals surface area contributed by atoms with Crippen LogP contribution in [0, 0.1) is 5.92 Å². The van der Waals surface area contributed by atoms with Gasteiger partial charge < -0.3 is 19.7 Å². The fourth-order valence-corrected chi connectivity index (χ4v) is 2.98. The molecule has 1 aromatic carbocycles. The Morgan fingerprint density at radius 1 is 1.27 bits per heavy atom. The van der Waals surface area contributed by atoms with Crippen LogP contribution in [0.1, 0.15) is 6.42 Å². The van der Waals surface area contributed by atoms with Crippen LogP contribution in [0.5, 0.6) is 11.6 Å². The van der Waals surface area contributed by atoms with Crippen LogP contribution in [0.2, 0.25) is 5.02 Å². The average Bonchev–Trinajstić information content (AvgIpc) is 3.04. The molecule has 136 valence electrons. The van der Waals surface area contributed by atoms with E-state index in [-0.39, 0.29) is 24.8 Å². The maximum Gasteiger partial charge on any atom is 0.229 e. The molecule has 0 bridgehead atoms. The summed E-state index contributed by atoms with van der Waals surface area (Å²) in [6.45, 7) is 0.255. The molecule has 2 heterocycles. The van der Waals surface area contributed by atoms with Crippen molar-refractivity contribution in [3.63, 3.8) is 0 Å². The quantitative estimate of drug-likeness (QED) is 0.869. The second-order valence-corrected chi connectivity index (χ2v) is 6.24. The van der Waals surface area contributed by atoms with Gasteiger partial charge in [-0.25, -0.2) is 4.98 Å². The summed E-state index contributed by atoms with van der Waals surface area (Å²) < 4.78 is 10.3. The molecule has 1 fully saturated rings. The number of rotatable bonds is 5. The molecular weight excluding hydrogens is 358 g/mol. The summed E-state index contributed by atoms with van der Waals surface area (Å²) in [5, 5.41) is 3.27. The maximum absolute atomic E-state index is 12.5. The van der Waals surface area contributed by atoms with Crippen molar-refractivity contribution >= 4 is 34.8 Å². The van der Waals surface area contributed by atoms with Crippen LogP contribution in [0.25, 0.3) is 0 Å². The Balaban J connectivity index is 1.72. The van der Waals surface area contributed by atoms with Gasteiger partial charge in [0.05, 0.1) is 37.7 Å². The number of aromatic nitrogens is 1. The van der Waals surface area contributed by atoms with Crippen LogP contribution in [0.3, 0.4) is 0 Å². The largest absolute Gasteiger partial charge is 0.495 e. The van der Waals surface area contributed by atoms with Crippen molar-refractivity contribution in [1.82, 2.24) is 4.98 Å². The molecule has 3 rings (SSSR count). The second-order valence-electron chi connectivity index (χ2n) is 5.80. The van der Waals surface area contributed by atoms with Gasteiger partial charge >= 0.3 is 0 Å². The number of halogens is 1. The monoisotopic (exact) mass is 375 g/mol. The van der Waals surface area contributed by atoms with E-state index in [9.17, 15) is 9.59 Å². The van der Waals surface area contributed by atoms with E-state index in [1.54, 1.807) is 30.3 Å². The van der Waals surface area contributed by atoms with Gasteiger partial charge in [0.15, 0.2) is 0 Å². The average molecular weight is 376 g/mol. The second kappa shape index (κ2) is 7.61. The Kier molecular flexibility index (Phi) is 5.27. The van der Waals surface area contributed by atoms with Crippen LogP contribution < -0.4 is 19.7 Å². The molecule has 2 aromatic rings. The zero-order chi connectivity index (χ0) is 18.7. The third kappa shape index (κ3) is 3.72. The van der Waals surface area contributed by atoms with Crippen LogP contribution in [-0.4, -0.2) is 37.6 Å². The zero-order valence-electron chi connectivity index (χ0n) is 14.4. The topological polar surface area (TPSA) is 80.8 Å². The number of nitrogens with zero attached hydrogens (tertiary/aromatic N) is 2. The molecule has 0 spiro atoms. The van der Waals surface area contributed by atoms with Gasteiger partial charge in [0.2, 0.25) is 17.7 Å². The van der Waals surface area contributed by atoms with Crippen molar-refractivity contribution in [2.45, 2.75) is 6.42 Å². The normalized spacial score (nSPS) is 16.5. The number of hydrogen-bond acceptors (Lipinski definition) is 5. The molecule has 7 nitrogen and oxygen atoms in total. The molecule has 1 aliphatic rings. The number of carbonyl (C=O) groups excluding carboxylic acids is 2. The number of benzene rings is 1. The number of methoxy groups -OCH3 is 2. The lowest BCUT2D eigenvalue weighted by molar-refractivity contribution is -0.122. The van der Waals surface area contributed by atoms with Gasteiger partial charge in [0.25, 0.3) is 0 Å². The lowest BCUT2D eigenvalue weighted by atomic mass is 10.1. The van der Waals surface area contributed by atoms with Gasteiger partial charge in [0, 0.05) is 24.1 Å². The fourth-order valence-electron chi connectivity index (χ4n) is 2.81. The number of nitrogens with one attached hydrogen (secondary N) is 1. The molecule has 1 aliphatic heterocycles. The van der Waals surface area contributed by atoms with Crippen molar-refractivity contribution in [2.24, 2.45) is 5.92 Å². The van der Waals surface area contributed by atoms with E-state index in [2.05, 4.69) is 10.3 Å². The number of carbonyl (C=O) groups is 2. The molecule has 0 radical (unpaired) electrons. The highest BCUT2D eigenvalue weighted by Gasteiger charge is 2.36. The summed E-state index contributed by atoms with van der Waals surface area (Å²) in [5.74, 6) is 0.113. The van der Waals surface area contributed by atoms with E-state index in [1.165, 1.54) is 25.3 Å². The van der Waals surface area contributed by atoms with Crippen molar-refractivity contribution in [2.75, 3.05) is 31.0 Å². The van der Waals surface area contributed by atoms with E-state index in [0.717, 1.165) is 0 Å². The maximum atomic E-state index is 12.5. The number of ether oxygens (including phenoxy) is 2. The number of hydrogen-bond donors (Lipinski definition) is 1. The smallest absolute Gasteiger partial charge is 0.229 e. The molecule has 2 amide bonds. The fraction of sp³-hybridized carbons (Fsp3) is 0.278. The molecule has 1 N–H and O–H groups in total. The Bertz CT molecular complexity index is 826. The predicted molar refractivity (Wildman–Crippen MR) is 97.9 cm³/mol. The Morgan fingerprint density at radius 2 is 2.08 bits per heavy atom. The van der Waals surface area contributed by atoms with Gasteiger partial charge in [-0.15, -0.1) is 0 Å². The van der Waals surface area contributed by atoms with Crippen molar-refractivity contribution in [3.05, 3.63) is 41.6 Å². The number of pyridine rings is 1. The summed E-state index contributed by atoms with van der Waals surface area (Å²) in [4.78, 5) is 30.5. The molecule has 8 heteroatoms. The van der Waals surface area contributed by atoms with E-state index in [4.69, 9.17) is 21.1 Å². The minimum Gasteiger partial charge on any atom is -0.495 e. The third-order valence-corrected chi connectivity index (χ3v) is 4.38. The highest BCUT2D eigenvalue weighted by molar-refractivity contribution is 6.31. The zero-order valence-corrected chi connectivity index (χ0v) is 15.1. The van der Waals surface area contributed by atoms with Gasteiger partial charge in [-0.3, -0.25) is 9.59 Å². The van der Waals surface area contributed by atoms with Gasteiger partial charge in [-0.1, -0.05) is 11.6 Å². The first-order chi connectivity index (χ1) is 12.5. The first-order valence-electron chi connectivity index (χ1n) is 7.96. The van der Waals surface area contributed by atoms with Crippen LogP contribution in [-0.2, 0) is 9.59 Å². The summed E-state index contributed by atoms with van der Waals surface area (Å²) in [6, 6.07) is 8.38. The summed E-state index contributed by atoms with van der Waals surface area (Å²) in [7, 11) is 3.04. The van der Waals surface area contributed by atoms with Gasteiger partial charge in [-0.2, -0.15) is 0 Å². The number of amides is 2. The molecule has 1 saturated heterocycles. The number of anilines is 2. The van der Waals surface area contributed by atoms with E-state index >= 15 is 0 Å². The molecule has 1 aromatic heterocycles. The minimum atomic E-state index is -0.478. The van der Waals surface area contributed by atoms with Crippen LogP contribution >= 0.6 is 11.6 Å². The third-order valence-electron chi connectivity index (χ3n) is 4.14. The SMILES string of the molecule is COc1ccc(NC(=O)[C@@H]2CC(=O)N(c3cc(Cl)ccc3OC)C2)cn1. The van der Waals surface area contributed by atoms with Crippen LogP contribution in [0.15, 0.2) is 36.5 Å². The molecule has 0 aliphatic carbocycles. The van der Waals surface area contributed by atoms with Crippen molar-refractivity contribution in [3.8, 4) is 11.6 Å². The predicted octanol–water partition coefficient (Wildman–Crippen LogP) is 2.74. The van der Waals surface area contributed by atoms with E-state index in [0.29, 0.717) is 28.0 Å². The molecular formula is C18H18ClN3O4. The molecule has 26 heavy (non-hydrogen) atoms. The van der Waals surface area contributed by atoms with Gasteiger partial charge in [-0.05, 0) is 24.3 Å². The van der Waals surface area contributed by atoms with Gasteiger partial charge in [0.1, 0.15) is 5.75 Å². The highest BCUT2D eigenvalue weighted by atomic mass is 35.5. The summed E-state index contributed by atoms with van der Waals surface area (Å²) in [5.41, 5.74) is 1.11. The Hall–Kier alpha value is -2.80. The molecule has 0 unspecified atom stereocenters. The Labute approximate surface area is 155 Å². The van der Waals surface area contributed by atoms with E-state index in [1.807, 2.05) is 0 Å². The first kappa shape index (κ1) is 18.0. The summed E-state index contributed by atoms with van der Waals surface area (Å²) >= 11 is 6.04. The highest BCUT2D eigenvalue weighted by Crippen LogP contribution is 2.35. The molecule has 1 atom stereocenters.